The summed E-state index contributed by atoms with van der Waals surface area (Å²) in [7, 11) is -3.32. The van der Waals surface area contributed by atoms with Gasteiger partial charge in [-0.15, -0.1) is 0 Å². The van der Waals surface area contributed by atoms with Gasteiger partial charge in [0.25, 0.3) is 11.8 Å². The molecule has 76 heavy (non-hydrogen) atoms. The number of nitrogens with one attached hydrogen (secondary N) is 5. The second kappa shape index (κ2) is 21.5. The van der Waals surface area contributed by atoms with Crippen molar-refractivity contribution in [3.05, 3.63) is 95.6 Å². The van der Waals surface area contributed by atoms with Crippen LogP contribution in [0.4, 0.5) is 20.2 Å². The number of halogens is 2. The number of pyridine rings is 2. The third-order valence-corrected chi connectivity index (χ3v) is 16.1. The van der Waals surface area contributed by atoms with Gasteiger partial charge < -0.3 is 36.8 Å². The second-order valence-corrected chi connectivity index (χ2v) is 23.3. The first-order valence-corrected chi connectivity index (χ1v) is 27.2. The first-order chi connectivity index (χ1) is 36.1. The van der Waals surface area contributed by atoms with E-state index in [4.69, 9.17) is 5.26 Å². The molecule has 10 heterocycles. The van der Waals surface area contributed by atoms with E-state index in [1.54, 1.807) is 31.5 Å². The third-order valence-electron chi connectivity index (χ3n) is 14.7. The zero-order chi connectivity index (χ0) is 54.3. The summed E-state index contributed by atoms with van der Waals surface area (Å²) in [6.45, 7) is 4.71. The number of aromatic nitrogens is 6. The van der Waals surface area contributed by atoms with Crippen LogP contribution in [0.2, 0.25) is 0 Å². The number of alkyl halides is 2. The Morgan fingerprint density at radius 2 is 1.12 bits per heavy atom. The summed E-state index contributed by atoms with van der Waals surface area (Å²) < 4.78 is 58.3. The van der Waals surface area contributed by atoms with Gasteiger partial charge in [-0.25, -0.2) is 26.2 Å². The fourth-order valence-electron chi connectivity index (χ4n) is 10.8. The molecule has 10 rings (SSSR count). The van der Waals surface area contributed by atoms with Crippen LogP contribution in [0.15, 0.2) is 73.3 Å². The van der Waals surface area contributed by atoms with E-state index in [1.165, 1.54) is 58.7 Å². The van der Waals surface area contributed by atoms with Crippen molar-refractivity contribution < 1.29 is 37.0 Å². The Hall–Kier alpha value is -7.15. The van der Waals surface area contributed by atoms with E-state index in [9.17, 15) is 42.3 Å². The Bertz CT molecular complexity index is 3330. The molecule has 4 aliphatic heterocycles. The van der Waals surface area contributed by atoms with E-state index in [0.29, 0.717) is 75.6 Å². The number of fused-ring (bicyclic) bond motifs is 6. The number of rotatable bonds is 15. The van der Waals surface area contributed by atoms with Gasteiger partial charge in [-0.1, -0.05) is 0 Å². The van der Waals surface area contributed by atoms with Gasteiger partial charge in [-0.3, -0.25) is 19.6 Å². The summed E-state index contributed by atoms with van der Waals surface area (Å²) in [6, 6.07) is 19.3. The minimum atomic E-state index is -3.32. The van der Waals surface area contributed by atoms with E-state index in [0.717, 1.165) is 49.7 Å². The minimum absolute atomic E-state index is 0.0945. The SMILES string of the molecule is CC(C)(O)[C@H](F)CNC(=O)c1cnc(-c2ccc3cc(C#N)cnn23)cc1NC1C[C@H]2CC[C@@H](C1)N2.CC(C)(O)[C@H](F)CNC(=O)c1cnc(-c2ccc3cc(C#N)cnn23)cc1NC1C[C@H]2CC[C@@H](C1)N2S(C)(=O)=O. The van der Waals surface area contributed by atoms with Crippen LogP contribution < -0.4 is 26.6 Å². The normalized spacial score (nSPS) is 22.2. The largest absolute Gasteiger partial charge is 0.387 e. The van der Waals surface area contributed by atoms with Gasteiger partial charge in [-0.05, 0) is 128 Å². The van der Waals surface area contributed by atoms with Crippen LogP contribution in [-0.2, 0) is 10.0 Å². The lowest BCUT2D eigenvalue weighted by molar-refractivity contribution is -0.00209. The van der Waals surface area contributed by atoms with Gasteiger partial charge in [-0.2, -0.15) is 25.0 Å². The molecule has 0 spiro atoms. The molecule has 4 aliphatic rings. The zero-order valence-electron chi connectivity index (χ0n) is 42.8. The maximum Gasteiger partial charge on any atom is 0.255 e. The molecule has 4 bridgehead atoms. The third kappa shape index (κ3) is 11.8. The van der Waals surface area contributed by atoms with Crippen LogP contribution >= 0.6 is 0 Å². The topological polar surface area (TPSA) is 280 Å². The van der Waals surface area contributed by atoms with Crippen molar-refractivity contribution in [2.75, 3.05) is 30.0 Å². The van der Waals surface area contributed by atoms with Gasteiger partial charge in [0.15, 0.2) is 0 Å². The summed E-state index contributed by atoms with van der Waals surface area (Å²) in [4.78, 5) is 35.2. The highest BCUT2D eigenvalue weighted by Gasteiger charge is 2.45. The Labute approximate surface area is 439 Å². The number of aliphatic hydroxyl groups is 2. The Morgan fingerprint density at radius 3 is 1.51 bits per heavy atom. The molecule has 400 valence electrons. The molecule has 23 heteroatoms. The number of carbonyl (C=O) groups is 2. The summed E-state index contributed by atoms with van der Waals surface area (Å²) >= 11 is 0. The predicted molar refractivity (Wildman–Crippen MR) is 280 cm³/mol. The Balaban J connectivity index is 0.000000187. The standard InChI is InChI=1S/C27H32FN7O4S.C26H30FN7O2/c1-27(2,37)25(28)15-31-26(36)21-14-30-23(24-7-6-18-8-16(12-29)13-32-34(18)24)11-22(21)33-17-9-19-4-5-20(10-17)35(19)40(3,38)39;1-26(2,36)24(27)14-30-25(35)20-13-29-22(23-6-5-19-7-15(11-28)12-31-34(19)23)10-21(20)33-18-8-16-3-4-17(9-18)32-16/h6-8,11,13-14,17,19-20,25,37H,4-5,9-10,15H2,1-3H3,(H,30,33)(H,31,36);5-7,10,12-13,16-18,24,32,36H,3-4,8-9,14H2,1-2H3,(H,29,33)(H,30,35)/t17?,19-,20+,25-;16-,17+,18?,24-/m11/s1. The maximum absolute atomic E-state index is 14.4. The average molecular weight is 1060 g/mol. The zero-order valence-corrected chi connectivity index (χ0v) is 43.7. The number of nitriles is 2. The number of sulfonamides is 1. The summed E-state index contributed by atoms with van der Waals surface area (Å²) in [6.07, 6.45) is 10.8. The molecule has 20 nitrogen and oxygen atoms in total. The summed E-state index contributed by atoms with van der Waals surface area (Å²) in [5, 5.41) is 62.6. The predicted octanol–water partition coefficient (Wildman–Crippen LogP) is 5.28. The van der Waals surface area contributed by atoms with Gasteiger partial charge >= 0.3 is 0 Å². The van der Waals surface area contributed by atoms with E-state index < -0.39 is 45.4 Å². The van der Waals surface area contributed by atoms with Crippen molar-refractivity contribution in [1.82, 2.24) is 49.5 Å². The Kier molecular flexibility index (Phi) is 15.2. The molecule has 0 aliphatic carbocycles. The lowest BCUT2D eigenvalue weighted by Gasteiger charge is -2.38. The summed E-state index contributed by atoms with van der Waals surface area (Å²) in [5.41, 5.74) is 3.29. The van der Waals surface area contributed by atoms with Crippen molar-refractivity contribution in [1.29, 1.82) is 10.5 Å². The number of hydrogen-bond acceptors (Lipinski definition) is 15. The average Bonchev–Trinajstić information content (AvgIpc) is 4.16. The maximum atomic E-state index is 14.4. The highest BCUT2D eigenvalue weighted by molar-refractivity contribution is 7.88. The first-order valence-electron chi connectivity index (χ1n) is 25.4. The van der Waals surface area contributed by atoms with Crippen LogP contribution in [0, 0.1) is 22.7 Å². The molecule has 8 atom stereocenters. The van der Waals surface area contributed by atoms with Gasteiger partial charge in [0, 0.05) is 48.6 Å². The van der Waals surface area contributed by atoms with Gasteiger partial charge in [0.05, 0.1) is 110 Å². The molecule has 2 unspecified atom stereocenters. The summed E-state index contributed by atoms with van der Waals surface area (Å²) in [5.74, 6) is -1.01. The number of anilines is 2. The number of nitrogens with zero attached hydrogens (tertiary/aromatic N) is 9. The second-order valence-electron chi connectivity index (χ2n) is 21.5. The van der Waals surface area contributed by atoms with Crippen molar-refractivity contribution >= 4 is 44.2 Å². The van der Waals surface area contributed by atoms with Crippen molar-refractivity contribution in [3.8, 4) is 34.9 Å². The monoisotopic (exact) mass is 1060 g/mol. The highest BCUT2D eigenvalue weighted by atomic mass is 32.2. The smallest absolute Gasteiger partial charge is 0.255 e. The van der Waals surface area contributed by atoms with Gasteiger partial charge in [0.1, 0.15) is 24.5 Å². The van der Waals surface area contributed by atoms with E-state index >= 15 is 0 Å². The van der Waals surface area contributed by atoms with Gasteiger partial charge in [0.2, 0.25) is 10.0 Å². The number of amides is 2. The molecule has 4 fully saturated rings. The molecule has 7 N–H and O–H groups in total. The van der Waals surface area contributed by atoms with Crippen LogP contribution in [0.25, 0.3) is 33.8 Å². The van der Waals surface area contributed by atoms with Crippen molar-refractivity contribution in [2.24, 2.45) is 0 Å². The lowest BCUT2D eigenvalue weighted by atomic mass is 9.98. The van der Waals surface area contributed by atoms with Crippen LogP contribution in [0.5, 0.6) is 0 Å². The van der Waals surface area contributed by atoms with E-state index in [-0.39, 0.29) is 42.8 Å². The number of piperidine rings is 2. The molecule has 0 saturated carbocycles. The van der Waals surface area contributed by atoms with Crippen molar-refractivity contribution in [3.63, 3.8) is 0 Å². The molecular weight excluding hydrogens is 999 g/mol. The fraction of sp³-hybridized carbons (Fsp3) is 0.472. The number of hydrogen-bond donors (Lipinski definition) is 7. The van der Waals surface area contributed by atoms with Crippen molar-refractivity contribution in [2.45, 2.75) is 139 Å². The molecular formula is C53H62F2N14O6S. The first kappa shape index (κ1) is 53.7. The molecule has 4 saturated heterocycles. The lowest BCUT2D eigenvalue weighted by Crippen LogP contribution is -2.49. The Morgan fingerprint density at radius 1 is 0.697 bits per heavy atom. The number of carbonyl (C=O) groups excluding carboxylic acids is 2. The van der Waals surface area contributed by atoms with Crippen LogP contribution in [0.1, 0.15) is 111 Å². The fourth-order valence-corrected chi connectivity index (χ4v) is 12.2. The molecule has 0 radical (unpaired) electrons. The highest BCUT2D eigenvalue weighted by Crippen LogP contribution is 2.39. The van der Waals surface area contributed by atoms with E-state index in [1.807, 2.05) is 30.3 Å². The molecule has 0 aromatic carbocycles. The quantitative estimate of drug-likeness (QED) is 0.0690. The molecule has 6 aromatic rings. The van der Waals surface area contributed by atoms with Crippen LogP contribution in [0.3, 0.4) is 0 Å². The molecule has 2 amide bonds. The minimum Gasteiger partial charge on any atom is -0.387 e. The molecule has 6 aromatic heterocycles. The van der Waals surface area contributed by atoms with Crippen LogP contribution in [-0.4, -0.2) is 143 Å². The van der Waals surface area contributed by atoms with E-state index in [2.05, 4.69) is 58.9 Å².